The minimum absolute atomic E-state index is 0.263. The SMILES string of the molecule is CCC1CCC(C)N1CC(N)CCOC. The second-order valence-corrected chi connectivity index (χ2v) is 4.73. The Morgan fingerprint density at radius 1 is 1.47 bits per heavy atom. The van der Waals surface area contributed by atoms with Crippen molar-refractivity contribution in [2.45, 2.75) is 57.7 Å². The molecule has 0 radical (unpaired) electrons. The smallest absolute Gasteiger partial charge is 0.0477 e. The van der Waals surface area contributed by atoms with E-state index in [4.69, 9.17) is 10.5 Å². The van der Waals surface area contributed by atoms with Crippen molar-refractivity contribution < 1.29 is 4.74 Å². The molecule has 0 aromatic carbocycles. The fourth-order valence-electron chi connectivity index (χ4n) is 2.52. The summed E-state index contributed by atoms with van der Waals surface area (Å²) in [6, 6.07) is 1.73. The van der Waals surface area contributed by atoms with Gasteiger partial charge >= 0.3 is 0 Å². The first-order chi connectivity index (χ1) is 7.19. The molecule has 0 amide bonds. The highest BCUT2D eigenvalue weighted by atomic mass is 16.5. The Hall–Kier alpha value is -0.120. The summed E-state index contributed by atoms with van der Waals surface area (Å²) in [4.78, 5) is 2.58. The zero-order chi connectivity index (χ0) is 11.3. The Morgan fingerprint density at radius 2 is 2.20 bits per heavy atom. The Labute approximate surface area is 94.0 Å². The fourth-order valence-corrected chi connectivity index (χ4v) is 2.52. The highest BCUT2D eigenvalue weighted by Crippen LogP contribution is 2.25. The number of rotatable bonds is 6. The van der Waals surface area contributed by atoms with Crippen LogP contribution in [0.25, 0.3) is 0 Å². The summed E-state index contributed by atoms with van der Waals surface area (Å²) in [5.41, 5.74) is 6.10. The molecule has 1 aliphatic heterocycles. The largest absolute Gasteiger partial charge is 0.385 e. The molecule has 1 aliphatic rings. The Morgan fingerprint density at radius 3 is 2.80 bits per heavy atom. The average molecular weight is 214 g/mol. The van der Waals surface area contributed by atoms with E-state index >= 15 is 0 Å². The van der Waals surface area contributed by atoms with Crippen molar-refractivity contribution in [1.82, 2.24) is 4.90 Å². The lowest BCUT2D eigenvalue weighted by molar-refractivity contribution is 0.154. The van der Waals surface area contributed by atoms with E-state index in [0.717, 1.165) is 25.6 Å². The minimum Gasteiger partial charge on any atom is -0.385 e. The van der Waals surface area contributed by atoms with Gasteiger partial charge < -0.3 is 10.5 Å². The fraction of sp³-hybridized carbons (Fsp3) is 1.00. The maximum Gasteiger partial charge on any atom is 0.0477 e. The molecule has 90 valence electrons. The maximum absolute atomic E-state index is 6.10. The van der Waals surface area contributed by atoms with Crippen LogP contribution in [0, 0.1) is 0 Å². The predicted molar refractivity (Wildman–Crippen MR) is 63.9 cm³/mol. The van der Waals surface area contributed by atoms with Gasteiger partial charge in [-0.25, -0.2) is 0 Å². The lowest BCUT2D eigenvalue weighted by atomic mass is 10.1. The molecule has 2 N–H and O–H groups in total. The van der Waals surface area contributed by atoms with E-state index in [9.17, 15) is 0 Å². The van der Waals surface area contributed by atoms with Crippen LogP contribution in [-0.4, -0.2) is 43.3 Å². The topological polar surface area (TPSA) is 38.5 Å². The summed E-state index contributed by atoms with van der Waals surface area (Å²) >= 11 is 0. The van der Waals surface area contributed by atoms with Crippen LogP contribution >= 0.6 is 0 Å². The van der Waals surface area contributed by atoms with Gasteiger partial charge in [0, 0.05) is 38.4 Å². The molecule has 0 aromatic heterocycles. The van der Waals surface area contributed by atoms with Gasteiger partial charge in [0.05, 0.1) is 0 Å². The van der Waals surface area contributed by atoms with Crippen molar-refractivity contribution in [1.29, 1.82) is 0 Å². The molecule has 0 aliphatic carbocycles. The van der Waals surface area contributed by atoms with Gasteiger partial charge in [-0.3, -0.25) is 4.90 Å². The monoisotopic (exact) mass is 214 g/mol. The van der Waals surface area contributed by atoms with Crippen molar-refractivity contribution in [2.24, 2.45) is 5.73 Å². The van der Waals surface area contributed by atoms with E-state index < -0.39 is 0 Å². The molecule has 0 bridgehead atoms. The van der Waals surface area contributed by atoms with Crippen LogP contribution in [0.1, 0.15) is 39.5 Å². The van der Waals surface area contributed by atoms with Crippen LogP contribution in [-0.2, 0) is 4.74 Å². The lowest BCUT2D eigenvalue weighted by Gasteiger charge is -2.30. The third-order valence-corrected chi connectivity index (χ3v) is 3.56. The molecule has 15 heavy (non-hydrogen) atoms. The van der Waals surface area contributed by atoms with E-state index in [2.05, 4.69) is 18.7 Å². The zero-order valence-electron chi connectivity index (χ0n) is 10.4. The molecule has 1 saturated heterocycles. The van der Waals surface area contributed by atoms with Crippen LogP contribution in [0.2, 0.25) is 0 Å². The van der Waals surface area contributed by atoms with Gasteiger partial charge in [0.2, 0.25) is 0 Å². The quantitative estimate of drug-likeness (QED) is 0.730. The van der Waals surface area contributed by atoms with E-state index in [-0.39, 0.29) is 6.04 Å². The molecule has 3 atom stereocenters. The van der Waals surface area contributed by atoms with E-state index in [1.807, 2.05) is 0 Å². The zero-order valence-corrected chi connectivity index (χ0v) is 10.4. The van der Waals surface area contributed by atoms with E-state index in [1.165, 1.54) is 19.3 Å². The van der Waals surface area contributed by atoms with Gasteiger partial charge in [0.25, 0.3) is 0 Å². The molecular formula is C12H26N2O. The average Bonchev–Trinajstić information content (AvgIpc) is 2.57. The van der Waals surface area contributed by atoms with Crippen molar-refractivity contribution in [3.8, 4) is 0 Å². The number of likely N-dealkylation sites (tertiary alicyclic amines) is 1. The Bertz CT molecular complexity index is 175. The first kappa shape index (κ1) is 12.9. The van der Waals surface area contributed by atoms with Crippen LogP contribution in [0.15, 0.2) is 0 Å². The molecule has 1 heterocycles. The summed E-state index contributed by atoms with van der Waals surface area (Å²) in [5.74, 6) is 0. The van der Waals surface area contributed by atoms with E-state index in [1.54, 1.807) is 7.11 Å². The van der Waals surface area contributed by atoms with Crippen LogP contribution < -0.4 is 5.73 Å². The number of hydrogen-bond acceptors (Lipinski definition) is 3. The second kappa shape index (κ2) is 6.46. The first-order valence-electron chi connectivity index (χ1n) is 6.19. The molecule has 0 saturated carbocycles. The summed E-state index contributed by atoms with van der Waals surface area (Å²) in [5, 5.41) is 0. The van der Waals surface area contributed by atoms with Crippen LogP contribution in [0.5, 0.6) is 0 Å². The van der Waals surface area contributed by atoms with Crippen LogP contribution in [0.3, 0.4) is 0 Å². The normalized spacial score (nSPS) is 29.6. The number of nitrogens with two attached hydrogens (primary N) is 1. The van der Waals surface area contributed by atoms with Gasteiger partial charge in [0.15, 0.2) is 0 Å². The molecule has 1 fully saturated rings. The van der Waals surface area contributed by atoms with E-state index in [0.29, 0.717) is 6.04 Å². The molecule has 0 aromatic rings. The van der Waals surface area contributed by atoms with Gasteiger partial charge in [-0.2, -0.15) is 0 Å². The summed E-state index contributed by atoms with van der Waals surface area (Å²) in [7, 11) is 1.74. The number of ether oxygens (including phenoxy) is 1. The van der Waals surface area contributed by atoms with Crippen LogP contribution in [0.4, 0.5) is 0 Å². The first-order valence-corrected chi connectivity index (χ1v) is 6.19. The Balaban J connectivity index is 2.34. The summed E-state index contributed by atoms with van der Waals surface area (Å²) < 4.78 is 5.06. The summed E-state index contributed by atoms with van der Waals surface area (Å²) in [6.07, 6.45) is 4.89. The number of nitrogens with zero attached hydrogens (tertiary/aromatic N) is 1. The highest BCUT2D eigenvalue weighted by molar-refractivity contribution is 4.86. The third kappa shape index (κ3) is 3.74. The third-order valence-electron chi connectivity index (χ3n) is 3.56. The highest BCUT2D eigenvalue weighted by Gasteiger charge is 2.29. The maximum atomic E-state index is 6.10. The second-order valence-electron chi connectivity index (χ2n) is 4.73. The number of hydrogen-bond donors (Lipinski definition) is 1. The summed E-state index contributed by atoms with van der Waals surface area (Å²) in [6.45, 7) is 6.40. The van der Waals surface area contributed by atoms with Gasteiger partial charge in [-0.05, 0) is 32.6 Å². The van der Waals surface area contributed by atoms with Gasteiger partial charge in [0.1, 0.15) is 0 Å². The van der Waals surface area contributed by atoms with Crippen molar-refractivity contribution in [3.63, 3.8) is 0 Å². The Kier molecular flexibility index (Phi) is 5.58. The standard InChI is InChI=1S/C12H26N2O/c1-4-12-6-5-10(2)14(12)9-11(13)7-8-15-3/h10-12H,4-9,13H2,1-3H3. The number of methoxy groups -OCH3 is 1. The minimum atomic E-state index is 0.263. The molecule has 1 rings (SSSR count). The molecule has 3 heteroatoms. The predicted octanol–water partition coefficient (Wildman–Crippen LogP) is 1.61. The van der Waals surface area contributed by atoms with Crippen molar-refractivity contribution in [2.75, 3.05) is 20.3 Å². The molecule has 3 unspecified atom stereocenters. The lowest BCUT2D eigenvalue weighted by Crippen LogP contribution is -2.43. The molecule has 3 nitrogen and oxygen atoms in total. The molecule has 0 spiro atoms. The molecular weight excluding hydrogens is 188 g/mol. The van der Waals surface area contributed by atoms with Gasteiger partial charge in [-0.15, -0.1) is 0 Å². The van der Waals surface area contributed by atoms with Crippen molar-refractivity contribution >= 4 is 0 Å². The van der Waals surface area contributed by atoms with Crippen molar-refractivity contribution in [3.05, 3.63) is 0 Å². The van der Waals surface area contributed by atoms with Gasteiger partial charge in [-0.1, -0.05) is 6.92 Å².